The maximum absolute atomic E-state index is 13.5. The van der Waals surface area contributed by atoms with E-state index < -0.39 is 11.9 Å². The average Bonchev–Trinajstić information content (AvgIpc) is 2.23. The van der Waals surface area contributed by atoms with Crippen molar-refractivity contribution in [1.29, 1.82) is 0 Å². The summed E-state index contributed by atoms with van der Waals surface area (Å²) in [7, 11) is 0. The summed E-state index contributed by atoms with van der Waals surface area (Å²) in [6.07, 6.45) is -0.675. The summed E-state index contributed by atoms with van der Waals surface area (Å²) < 4.78 is 18.6. The van der Waals surface area contributed by atoms with Crippen LogP contribution in [0.1, 0.15) is 12.5 Å². The Morgan fingerprint density at radius 3 is 2.87 bits per heavy atom. The molecule has 15 heavy (non-hydrogen) atoms. The van der Waals surface area contributed by atoms with E-state index in [1.165, 1.54) is 6.07 Å². The van der Waals surface area contributed by atoms with Gasteiger partial charge in [-0.1, -0.05) is 17.3 Å². The summed E-state index contributed by atoms with van der Waals surface area (Å²) in [5.74, 6) is -0.444. The minimum atomic E-state index is -0.675. The van der Waals surface area contributed by atoms with Gasteiger partial charge in [-0.25, -0.2) is 4.39 Å². The average molecular weight is 212 g/mol. The fourth-order valence-corrected chi connectivity index (χ4v) is 1.04. The minimum absolute atomic E-state index is 0.0918. The zero-order valence-electron chi connectivity index (χ0n) is 8.57. The van der Waals surface area contributed by atoms with E-state index in [4.69, 9.17) is 15.7 Å². The van der Waals surface area contributed by atoms with Crippen LogP contribution in [-0.2, 0) is 0 Å². The SMILES string of the molecule is Cc1cccc(OC(C)/C(N)=N/O)c1F. The molecular formula is C10H13FN2O2. The van der Waals surface area contributed by atoms with Crippen molar-refractivity contribution in [2.75, 3.05) is 0 Å². The molecule has 0 amide bonds. The number of aryl methyl sites for hydroxylation is 1. The highest BCUT2D eigenvalue weighted by atomic mass is 19.1. The first kappa shape index (κ1) is 11.3. The van der Waals surface area contributed by atoms with Crippen LogP contribution in [0.4, 0.5) is 4.39 Å². The second-order valence-corrected chi connectivity index (χ2v) is 3.17. The molecule has 1 unspecified atom stereocenters. The van der Waals surface area contributed by atoms with Crippen LogP contribution in [-0.4, -0.2) is 17.1 Å². The van der Waals surface area contributed by atoms with Gasteiger partial charge in [0.15, 0.2) is 23.5 Å². The zero-order valence-corrected chi connectivity index (χ0v) is 8.57. The Labute approximate surface area is 87.2 Å². The number of hydrogen-bond acceptors (Lipinski definition) is 3. The van der Waals surface area contributed by atoms with E-state index in [0.717, 1.165) is 0 Å². The number of ether oxygens (including phenoxy) is 1. The molecule has 0 spiro atoms. The lowest BCUT2D eigenvalue weighted by atomic mass is 10.2. The number of benzene rings is 1. The van der Waals surface area contributed by atoms with E-state index in [1.54, 1.807) is 26.0 Å². The van der Waals surface area contributed by atoms with Crippen LogP contribution in [0.15, 0.2) is 23.4 Å². The molecule has 0 heterocycles. The van der Waals surface area contributed by atoms with Crippen molar-refractivity contribution in [2.45, 2.75) is 20.0 Å². The Kier molecular flexibility index (Phi) is 3.49. The third-order valence-electron chi connectivity index (χ3n) is 1.99. The molecule has 0 aliphatic rings. The number of oxime groups is 1. The maximum atomic E-state index is 13.5. The van der Waals surface area contributed by atoms with Gasteiger partial charge in [0, 0.05) is 0 Å². The summed E-state index contributed by atoms with van der Waals surface area (Å²) in [6, 6.07) is 4.80. The third-order valence-corrected chi connectivity index (χ3v) is 1.99. The van der Waals surface area contributed by atoms with E-state index >= 15 is 0 Å². The molecule has 1 atom stereocenters. The molecule has 0 bridgehead atoms. The summed E-state index contributed by atoms with van der Waals surface area (Å²) in [4.78, 5) is 0. The lowest BCUT2D eigenvalue weighted by Gasteiger charge is -2.14. The summed E-state index contributed by atoms with van der Waals surface area (Å²) in [5, 5.41) is 11.2. The Morgan fingerprint density at radius 2 is 2.27 bits per heavy atom. The van der Waals surface area contributed by atoms with Crippen LogP contribution >= 0.6 is 0 Å². The molecule has 0 fully saturated rings. The monoisotopic (exact) mass is 212 g/mol. The molecule has 0 aliphatic heterocycles. The second kappa shape index (κ2) is 4.63. The van der Waals surface area contributed by atoms with E-state index in [1.807, 2.05) is 0 Å². The first-order chi connectivity index (χ1) is 7.06. The molecule has 1 aromatic rings. The first-order valence-electron chi connectivity index (χ1n) is 4.45. The minimum Gasteiger partial charge on any atom is -0.480 e. The van der Waals surface area contributed by atoms with Gasteiger partial charge in [0.1, 0.15) is 0 Å². The molecule has 5 heteroatoms. The highest BCUT2D eigenvalue weighted by Gasteiger charge is 2.13. The van der Waals surface area contributed by atoms with E-state index in [0.29, 0.717) is 5.56 Å². The van der Waals surface area contributed by atoms with Gasteiger partial charge in [-0.05, 0) is 25.5 Å². The molecule has 82 valence electrons. The molecule has 0 saturated carbocycles. The van der Waals surface area contributed by atoms with Gasteiger partial charge in [-0.15, -0.1) is 0 Å². The number of nitrogens with zero attached hydrogens (tertiary/aromatic N) is 1. The number of halogens is 1. The standard InChI is InChI=1S/C10H13FN2O2/c1-6-4-3-5-8(9(6)11)15-7(2)10(12)13-14/h3-5,7,14H,1-2H3,(H2,12,13). The van der Waals surface area contributed by atoms with Crippen molar-refractivity contribution in [1.82, 2.24) is 0 Å². The van der Waals surface area contributed by atoms with E-state index in [2.05, 4.69) is 5.16 Å². The first-order valence-corrected chi connectivity index (χ1v) is 4.45. The van der Waals surface area contributed by atoms with Crippen LogP contribution in [0.2, 0.25) is 0 Å². The van der Waals surface area contributed by atoms with Crippen LogP contribution in [0.25, 0.3) is 0 Å². The van der Waals surface area contributed by atoms with Crippen LogP contribution in [0.5, 0.6) is 5.75 Å². The Bertz CT molecular complexity index is 380. The molecular weight excluding hydrogens is 199 g/mol. The van der Waals surface area contributed by atoms with Crippen molar-refractivity contribution in [3.05, 3.63) is 29.6 Å². The molecule has 1 rings (SSSR count). The Morgan fingerprint density at radius 1 is 1.60 bits per heavy atom. The molecule has 0 aliphatic carbocycles. The van der Waals surface area contributed by atoms with Gasteiger partial charge in [-0.2, -0.15) is 0 Å². The van der Waals surface area contributed by atoms with Crippen molar-refractivity contribution in [2.24, 2.45) is 10.9 Å². The number of nitrogens with two attached hydrogens (primary N) is 1. The fourth-order valence-electron chi connectivity index (χ4n) is 1.04. The van der Waals surface area contributed by atoms with Crippen LogP contribution in [0.3, 0.4) is 0 Å². The largest absolute Gasteiger partial charge is 0.480 e. The smallest absolute Gasteiger partial charge is 0.180 e. The second-order valence-electron chi connectivity index (χ2n) is 3.17. The van der Waals surface area contributed by atoms with Gasteiger partial charge in [0.05, 0.1) is 0 Å². The number of rotatable bonds is 3. The molecule has 0 saturated heterocycles. The molecule has 0 radical (unpaired) electrons. The molecule has 4 nitrogen and oxygen atoms in total. The zero-order chi connectivity index (χ0) is 11.4. The van der Waals surface area contributed by atoms with Crippen molar-refractivity contribution < 1.29 is 14.3 Å². The Hall–Kier alpha value is -1.78. The normalized spacial score (nSPS) is 13.7. The third kappa shape index (κ3) is 2.59. The lowest BCUT2D eigenvalue weighted by Crippen LogP contribution is -2.31. The number of amidine groups is 1. The summed E-state index contributed by atoms with van der Waals surface area (Å²) in [5.41, 5.74) is 5.79. The summed E-state index contributed by atoms with van der Waals surface area (Å²) in [6.45, 7) is 3.20. The van der Waals surface area contributed by atoms with Gasteiger partial charge < -0.3 is 15.7 Å². The van der Waals surface area contributed by atoms with Gasteiger partial charge in [0.2, 0.25) is 0 Å². The van der Waals surface area contributed by atoms with Gasteiger partial charge >= 0.3 is 0 Å². The fraction of sp³-hybridized carbons (Fsp3) is 0.300. The highest BCUT2D eigenvalue weighted by Crippen LogP contribution is 2.20. The van der Waals surface area contributed by atoms with E-state index in [9.17, 15) is 4.39 Å². The van der Waals surface area contributed by atoms with Crippen LogP contribution in [0, 0.1) is 12.7 Å². The predicted octanol–water partition coefficient (Wildman–Crippen LogP) is 1.65. The maximum Gasteiger partial charge on any atom is 0.180 e. The quantitative estimate of drug-likeness (QED) is 0.346. The predicted molar refractivity (Wildman–Crippen MR) is 54.6 cm³/mol. The topological polar surface area (TPSA) is 67.8 Å². The van der Waals surface area contributed by atoms with Crippen molar-refractivity contribution in [3.8, 4) is 5.75 Å². The molecule has 3 N–H and O–H groups in total. The Balaban J connectivity index is 2.86. The lowest BCUT2D eigenvalue weighted by molar-refractivity contribution is 0.255. The molecule has 1 aromatic carbocycles. The molecule has 0 aromatic heterocycles. The number of hydrogen-bond donors (Lipinski definition) is 2. The summed E-state index contributed by atoms with van der Waals surface area (Å²) >= 11 is 0. The van der Waals surface area contributed by atoms with Gasteiger partial charge in [-0.3, -0.25) is 0 Å². The van der Waals surface area contributed by atoms with Crippen LogP contribution < -0.4 is 10.5 Å². The van der Waals surface area contributed by atoms with Crippen molar-refractivity contribution >= 4 is 5.84 Å². The van der Waals surface area contributed by atoms with Crippen molar-refractivity contribution in [3.63, 3.8) is 0 Å². The highest BCUT2D eigenvalue weighted by molar-refractivity contribution is 5.84. The van der Waals surface area contributed by atoms with Gasteiger partial charge in [0.25, 0.3) is 0 Å². The van der Waals surface area contributed by atoms with E-state index in [-0.39, 0.29) is 11.6 Å².